The molecule has 5 rings (SSSR count). The number of piperazine rings is 1. The molecule has 3 aromatic rings. The van der Waals surface area contributed by atoms with Gasteiger partial charge < -0.3 is 10.1 Å². The van der Waals surface area contributed by atoms with Crippen molar-refractivity contribution in [1.82, 2.24) is 24.4 Å². The van der Waals surface area contributed by atoms with Crippen molar-refractivity contribution in [2.24, 2.45) is 0 Å². The van der Waals surface area contributed by atoms with Gasteiger partial charge in [0.25, 0.3) is 0 Å². The first kappa shape index (κ1) is 19.3. The van der Waals surface area contributed by atoms with Crippen LogP contribution in [0.4, 0.5) is 10.2 Å². The molecule has 30 heavy (non-hydrogen) atoms. The Morgan fingerprint density at radius 3 is 3.00 bits per heavy atom. The fourth-order valence-electron chi connectivity index (χ4n) is 4.52. The lowest BCUT2D eigenvalue weighted by atomic mass is 10.1. The Balaban J connectivity index is 1.54. The van der Waals surface area contributed by atoms with Crippen LogP contribution in [0.5, 0.6) is 5.75 Å². The van der Waals surface area contributed by atoms with Crippen molar-refractivity contribution >= 4 is 11.5 Å². The van der Waals surface area contributed by atoms with Crippen LogP contribution in [0.25, 0.3) is 16.8 Å². The number of nitrogens with zero attached hydrogens (tertiary/aromatic N) is 5. The Labute approximate surface area is 175 Å². The fourth-order valence-corrected chi connectivity index (χ4v) is 4.52. The molecule has 2 atom stereocenters. The number of benzene rings is 1. The van der Waals surface area contributed by atoms with Gasteiger partial charge >= 0.3 is 0 Å². The molecule has 0 radical (unpaired) electrons. The minimum atomic E-state index is -0.310. The minimum Gasteiger partial charge on any atom is -0.492 e. The van der Waals surface area contributed by atoms with Gasteiger partial charge in [-0.3, -0.25) is 9.80 Å². The second-order valence-corrected chi connectivity index (χ2v) is 8.10. The lowest BCUT2D eigenvalue weighted by Crippen LogP contribution is -2.59. The molecule has 8 heteroatoms. The SMILES string of the molecule is CCN1C[C@H]2COc3ccc(F)c(c3)-c3cnn4ccc(nc34)NCCN2C[C@H]1C. The van der Waals surface area contributed by atoms with E-state index in [1.807, 2.05) is 12.3 Å². The van der Waals surface area contributed by atoms with Crippen molar-refractivity contribution in [2.75, 3.05) is 44.6 Å². The largest absolute Gasteiger partial charge is 0.492 e. The third-order valence-corrected chi connectivity index (χ3v) is 6.23. The van der Waals surface area contributed by atoms with Gasteiger partial charge in [0.05, 0.1) is 12.2 Å². The van der Waals surface area contributed by atoms with Crippen LogP contribution < -0.4 is 10.1 Å². The maximum Gasteiger partial charge on any atom is 0.165 e. The maximum absolute atomic E-state index is 14.7. The van der Waals surface area contributed by atoms with Crippen LogP contribution in [0, 0.1) is 5.82 Å². The molecule has 1 saturated heterocycles. The molecular weight excluding hydrogens is 383 g/mol. The molecule has 7 nitrogen and oxygen atoms in total. The highest BCUT2D eigenvalue weighted by Crippen LogP contribution is 2.30. The molecule has 2 aromatic heterocycles. The summed E-state index contributed by atoms with van der Waals surface area (Å²) in [6, 6.07) is 7.60. The van der Waals surface area contributed by atoms with E-state index >= 15 is 0 Å². The summed E-state index contributed by atoms with van der Waals surface area (Å²) in [5, 5.41) is 7.76. The summed E-state index contributed by atoms with van der Waals surface area (Å²) in [6.07, 6.45) is 3.51. The van der Waals surface area contributed by atoms with E-state index in [0.717, 1.165) is 38.5 Å². The van der Waals surface area contributed by atoms with E-state index in [2.05, 4.69) is 34.1 Å². The summed E-state index contributed by atoms with van der Waals surface area (Å²) < 4.78 is 22.5. The molecule has 2 aliphatic rings. The predicted octanol–water partition coefficient (Wildman–Crippen LogP) is 2.73. The highest BCUT2D eigenvalue weighted by molar-refractivity contribution is 5.78. The Morgan fingerprint density at radius 1 is 1.23 bits per heavy atom. The molecule has 1 fully saturated rings. The lowest BCUT2D eigenvalue weighted by Gasteiger charge is -2.45. The minimum absolute atomic E-state index is 0.279. The average molecular weight is 410 g/mol. The molecule has 1 aromatic carbocycles. The predicted molar refractivity (Wildman–Crippen MR) is 114 cm³/mol. The number of hydrogen-bond donors (Lipinski definition) is 1. The number of ether oxygens (including phenoxy) is 1. The summed E-state index contributed by atoms with van der Waals surface area (Å²) in [7, 11) is 0. The van der Waals surface area contributed by atoms with E-state index in [-0.39, 0.29) is 11.9 Å². The van der Waals surface area contributed by atoms with Gasteiger partial charge in [0.2, 0.25) is 0 Å². The van der Waals surface area contributed by atoms with Gasteiger partial charge in [-0.05, 0) is 37.7 Å². The third-order valence-electron chi connectivity index (χ3n) is 6.23. The lowest BCUT2D eigenvalue weighted by molar-refractivity contribution is 0.0197. The highest BCUT2D eigenvalue weighted by atomic mass is 19.1. The Kier molecular flexibility index (Phi) is 5.04. The maximum atomic E-state index is 14.7. The summed E-state index contributed by atoms with van der Waals surface area (Å²) in [5.74, 6) is 1.12. The van der Waals surface area contributed by atoms with Gasteiger partial charge in [-0.25, -0.2) is 13.9 Å². The van der Waals surface area contributed by atoms with Crippen molar-refractivity contribution in [3.8, 4) is 16.9 Å². The molecule has 0 spiro atoms. The second-order valence-electron chi connectivity index (χ2n) is 8.10. The van der Waals surface area contributed by atoms with E-state index in [4.69, 9.17) is 9.72 Å². The molecular formula is C22H27FN6O. The molecule has 0 saturated carbocycles. The van der Waals surface area contributed by atoms with Crippen LogP contribution in [0.3, 0.4) is 0 Å². The molecule has 158 valence electrons. The number of nitrogens with one attached hydrogen (secondary N) is 1. The van der Waals surface area contributed by atoms with E-state index in [1.54, 1.807) is 22.8 Å². The Morgan fingerprint density at radius 2 is 2.13 bits per heavy atom. The Bertz CT molecular complexity index is 1050. The van der Waals surface area contributed by atoms with Crippen LogP contribution in [0.1, 0.15) is 13.8 Å². The number of aromatic nitrogens is 3. The fraction of sp³-hybridized carbons (Fsp3) is 0.455. The number of halogens is 1. The normalized spacial score (nSPS) is 22.9. The van der Waals surface area contributed by atoms with Crippen LogP contribution in [-0.2, 0) is 0 Å². The van der Waals surface area contributed by atoms with Crippen LogP contribution in [0.15, 0.2) is 36.7 Å². The first-order chi connectivity index (χ1) is 14.6. The number of anilines is 1. The van der Waals surface area contributed by atoms with E-state index < -0.39 is 0 Å². The molecule has 1 N–H and O–H groups in total. The van der Waals surface area contributed by atoms with Crippen molar-refractivity contribution in [3.63, 3.8) is 0 Å². The third kappa shape index (κ3) is 3.50. The number of fused-ring (bicyclic) bond motifs is 5. The topological polar surface area (TPSA) is 57.9 Å². The van der Waals surface area contributed by atoms with Gasteiger partial charge in [0, 0.05) is 49.5 Å². The summed E-state index contributed by atoms with van der Waals surface area (Å²) in [5.41, 5.74) is 1.73. The van der Waals surface area contributed by atoms with Crippen molar-refractivity contribution in [3.05, 3.63) is 42.5 Å². The van der Waals surface area contributed by atoms with Crippen molar-refractivity contribution in [1.29, 1.82) is 0 Å². The number of hydrogen-bond acceptors (Lipinski definition) is 6. The zero-order valence-electron chi connectivity index (χ0n) is 17.4. The van der Waals surface area contributed by atoms with E-state index in [1.165, 1.54) is 6.07 Å². The first-order valence-electron chi connectivity index (χ1n) is 10.6. The summed E-state index contributed by atoms with van der Waals surface area (Å²) in [6.45, 7) is 9.73. The quantitative estimate of drug-likeness (QED) is 0.666. The second kappa shape index (κ2) is 7.85. The number of likely N-dealkylation sites (N-methyl/N-ethyl adjacent to an activating group) is 1. The van der Waals surface area contributed by atoms with Gasteiger partial charge in [0.15, 0.2) is 5.65 Å². The van der Waals surface area contributed by atoms with Gasteiger partial charge in [0.1, 0.15) is 24.0 Å². The average Bonchev–Trinajstić information content (AvgIpc) is 3.16. The molecule has 0 unspecified atom stereocenters. The van der Waals surface area contributed by atoms with E-state index in [9.17, 15) is 4.39 Å². The zero-order chi connectivity index (χ0) is 20.7. The van der Waals surface area contributed by atoms with Crippen molar-refractivity contribution in [2.45, 2.75) is 25.9 Å². The zero-order valence-corrected chi connectivity index (χ0v) is 17.4. The molecule has 4 heterocycles. The van der Waals surface area contributed by atoms with Crippen LogP contribution in [-0.4, -0.2) is 75.8 Å². The first-order valence-corrected chi connectivity index (χ1v) is 10.6. The monoisotopic (exact) mass is 410 g/mol. The highest BCUT2D eigenvalue weighted by Gasteiger charge is 2.31. The molecule has 2 aliphatic heterocycles. The Hall–Kier alpha value is -2.71. The summed E-state index contributed by atoms with van der Waals surface area (Å²) in [4.78, 5) is 9.68. The standard InChI is InChI=1S/C22H27FN6O/c1-3-27-13-16-14-30-17-4-5-20(23)18(10-17)19-11-25-29-8-6-21(26-22(19)29)24-7-9-28(16)12-15(27)2/h4-6,8,10-11,15-16H,3,7,9,12-14H2,1-2H3,(H,24,26)/t15-,16+/m1/s1. The van der Waals surface area contributed by atoms with Crippen LogP contribution in [0.2, 0.25) is 0 Å². The summed E-state index contributed by atoms with van der Waals surface area (Å²) >= 11 is 0. The smallest absolute Gasteiger partial charge is 0.165 e. The van der Waals surface area contributed by atoms with Crippen LogP contribution >= 0.6 is 0 Å². The van der Waals surface area contributed by atoms with E-state index in [0.29, 0.717) is 35.2 Å². The van der Waals surface area contributed by atoms with Gasteiger partial charge in [-0.15, -0.1) is 0 Å². The molecule has 4 bridgehead atoms. The van der Waals surface area contributed by atoms with Gasteiger partial charge in [-0.1, -0.05) is 6.92 Å². The van der Waals surface area contributed by atoms with Crippen molar-refractivity contribution < 1.29 is 9.13 Å². The molecule has 0 amide bonds. The number of rotatable bonds is 1. The molecule has 0 aliphatic carbocycles. The van der Waals surface area contributed by atoms with Gasteiger partial charge in [-0.2, -0.15) is 5.10 Å².